The van der Waals surface area contributed by atoms with Crippen LogP contribution in [0.25, 0.3) is 0 Å². The van der Waals surface area contributed by atoms with E-state index >= 15 is 0 Å². The Balaban J connectivity index is 2.31. The van der Waals surface area contributed by atoms with Gasteiger partial charge in [0.05, 0.1) is 17.3 Å². The number of aliphatic hydroxyl groups excluding tert-OH is 1. The summed E-state index contributed by atoms with van der Waals surface area (Å²) in [5.41, 5.74) is 0.200. The van der Waals surface area contributed by atoms with Crippen LogP contribution in [0.5, 0.6) is 11.6 Å². The number of aliphatic hydroxyl groups is 1. The number of ether oxygens (including phenoxy) is 1. The molecular weight excluding hydrogens is 264 g/mol. The normalized spacial score (nSPS) is 10.4. The molecule has 2 rings (SSSR count). The minimum absolute atomic E-state index is 0.0213. The van der Waals surface area contributed by atoms with E-state index in [9.17, 15) is 8.78 Å². The zero-order valence-electron chi connectivity index (χ0n) is 9.03. The van der Waals surface area contributed by atoms with Gasteiger partial charge >= 0.3 is 0 Å². The minimum Gasteiger partial charge on any atom is -0.436 e. The number of rotatable bonds is 3. The maximum absolute atomic E-state index is 13.3. The van der Waals surface area contributed by atoms with E-state index in [0.29, 0.717) is 0 Å². The van der Waals surface area contributed by atoms with Crippen molar-refractivity contribution in [3.05, 3.63) is 52.7 Å². The van der Waals surface area contributed by atoms with Gasteiger partial charge in [-0.05, 0) is 18.2 Å². The fourth-order valence-corrected chi connectivity index (χ4v) is 1.47. The third-order valence-electron chi connectivity index (χ3n) is 2.17. The summed E-state index contributed by atoms with van der Waals surface area (Å²) >= 11 is 5.74. The molecule has 1 heterocycles. The molecule has 0 fully saturated rings. The van der Waals surface area contributed by atoms with Crippen LogP contribution >= 0.6 is 11.6 Å². The van der Waals surface area contributed by atoms with E-state index in [0.717, 1.165) is 6.07 Å². The van der Waals surface area contributed by atoms with Crippen molar-refractivity contribution in [3.63, 3.8) is 0 Å². The van der Waals surface area contributed by atoms with Crippen LogP contribution in [-0.4, -0.2) is 10.1 Å². The Bertz CT molecular complexity index is 578. The topological polar surface area (TPSA) is 42.4 Å². The number of halogens is 3. The Labute approximate surface area is 107 Å². The first-order chi connectivity index (χ1) is 8.61. The lowest BCUT2D eigenvalue weighted by Crippen LogP contribution is -1.96. The van der Waals surface area contributed by atoms with Gasteiger partial charge in [0.2, 0.25) is 11.7 Å². The predicted octanol–water partition coefficient (Wildman–Crippen LogP) is 3.30. The smallest absolute Gasteiger partial charge is 0.219 e. The maximum atomic E-state index is 13.3. The van der Waals surface area contributed by atoms with Crippen LogP contribution in [0.2, 0.25) is 5.02 Å². The van der Waals surface area contributed by atoms with Crippen LogP contribution < -0.4 is 4.74 Å². The average Bonchev–Trinajstić information content (AvgIpc) is 2.37. The summed E-state index contributed by atoms with van der Waals surface area (Å²) in [5.74, 6) is -2.37. The zero-order valence-corrected chi connectivity index (χ0v) is 9.79. The molecule has 0 aliphatic rings. The second kappa shape index (κ2) is 5.29. The molecule has 18 heavy (non-hydrogen) atoms. The molecule has 0 bridgehead atoms. The first kappa shape index (κ1) is 12.7. The monoisotopic (exact) mass is 271 g/mol. The minimum atomic E-state index is -1.10. The molecule has 0 radical (unpaired) electrons. The molecule has 94 valence electrons. The molecule has 0 saturated heterocycles. The second-order valence-corrected chi connectivity index (χ2v) is 3.80. The fraction of sp³-hybridized carbons (Fsp3) is 0.0833. The summed E-state index contributed by atoms with van der Waals surface area (Å²) in [6, 6.07) is 6.42. The number of hydrogen-bond donors (Lipinski definition) is 1. The summed E-state index contributed by atoms with van der Waals surface area (Å²) in [6.07, 6.45) is 0. The van der Waals surface area contributed by atoms with E-state index in [1.807, 2.05) is 0 Å². The molecule has 0 atom stereocenters. The Morgan fingerprint density at radius 1 is 1.22 bits per heavy atom. The van der Waals surface area contributed by atoms with Crippen molar-refractivity contribution in [2.45, 2.75) is 6.61 Å². The quantitative estimate of drug-likeness (QED) is 0.931. The molecule has 6 heteroatoms. The number of nitrogens with zero attached hydrogens (tertiary/aromatic N) is 1. The Morgan fingerprint density at radius 3 is 2.72 bits per heavy atom. The van der Waals surface area contributed by atoms with Gasteiger partial charge < -0.3 is 9.84 Å². The SMILES string of the molecule is OCc1nc(Oc2cccc(F)c2F)ccc1Cl. The third-order valence-corrected chi connectivity index (χ3v) is 2.52. The van der Waals surface area contributed by atoms with E-state index in [1.165, 1.54) is 24.3 Å². The van der Waals surface area contributed by atoms with E-state index in [4.69, 9.17) is 21.4 Å². The number of pyridine rings is 1. The Kier molecular flexibility index (Phi) is 3.74. The van der Waals surface area contributed by atoms with Gasteiger partial charge in [0, 0.05) is 6.07 Å². The van der Waals surface area contributed by atoms with Crippen molar-refractivity contribution in [3.8, 4) is 11.6 Å². The van der Waals surface area contributed by atoms with Gasteiger partial charge in [-0.25, -0.2) is 9.37 Å². The van der Waals surface area contributed by atoms with E-state index < -0.39 is 11.6 Å². The molecule has 2 aromatic rings. The van der Waals surface area contributed by atoms with Crippen molar-refractivity contribution in [1.29, 1.82) is 0 Å². The first-order valence-corrected chi connectivity index (χ1v) is 5.37. The number of aromatic nitrogens is 1. The molecule has 0 amide bonds. The van der Waals surface area contributed by atoms with Gasteiger partial charge in [-0.15, -0.1) is 0 Å². The van der Waals surface area contributed by atoms with Crippen LogP contribution in [0, 0.1) is 11.6 Å². The molecule has 1 aromatic carbocycles. The molecule has 0 spiro atoms. The highest BCUT2D eigenvalue weighted by Gasteiger charge is 2.11. The van der Waals surface area contributed by atoms with E-state index in [-0.39, 0.29) is 29.0 Å². The third kappa shape index (κ3) is 2.57. The van der Waals surface area contributed by atoms with Gasteiger partial charge in [-0.2, -0.15) is 4.39 Å². The lowest BCUT2D eigenvalue weighted by molar-refractivity contribution is 0.275. The average molecular weight is 272 g/mol. The predicted molar refractivity (Wildman–Crippen MR) is 61.6 cm³/mol. The number of hydrogen-bond acceptors (Lipinski definition) is 3. The van der Waals surface area contributed by atoms with Gasteiger partial charge in [0.25, 0.3) is 0 Å². The second-order valence-electron chi connectivity index (χ2n) is 3.39. The zero-order chi connectivity index (χ0) is 13.1. The largest absolute Gasteiger partial charge is 0.436 e. The van der Waals surface area contributed by atoms with Crippen molar-refractivity contribution in [2.24, 2.45) is 0 Å². The molecule has 0 saturated carbocycles. The first-order valence-electron chi connectivity index (χ1n) is 5.00. The standard InChI is InChI=1S/C12H8ClF2NO2/c13-7-4-5-11(16-9(7)6-17)18-10-3-1-2-8(14)12(10)15/h1-5,17H,6H2. The van der Waals surface area contributed by atoms with Gasteiger partial charge in [0.1, 0.15) is 0 Å². The molecule has 1 N–H and O–H groups in total. The molecule has 1 aromatic heterocycles. The van der Waals surface area contributed by atoms with Gasteiger partial charge in [-0.1, -0.05) is 17.7 Å². The Morgan fingerprint density at radius 2 is 2.00 bits per heavy atom. The maximum Gasteiger partial charge on any atom is 0.219 e. The van der Waals surface area contributed by atoms with E-state index in [1.54, 1.807) is 0 Å². The lowest BCUT2D eigenvalue weighted by atomic mass is 10.3. The molecule has 0 aliphatic heterocycles. The van der Waals surface area contributed by atoms with Crippen LogP contribution in [-0.2, 0) is 6.61 Å². The fourth-order valence-electron chi connectivity index (χ4n) is 1.31. The van der Waals surface area contributed by atoms with Crippen molar-refractivity contribution < 1.29 is 18.6 Å². The highest BCUT2D eigenvalue weighted by Crippen LogP contribution is 2.26. The lowest BCUT2D eigenvalue weighted by Gasteiger charge is -2.07. The van der Waals surface area contributed by atoms with Crippen LogP contribution in [0.3, 0.4) is 0 Å². The number of benzene rings is 1. The van der Waals surface area contributed by atoms with Crippen LogP contribution in [0.15, 0.2) is 30.3 Å². The Hall–Kier alpha value is -1.72. The van der Waals surface area contributed by atoms with Crippen molar-refractivity contribution >= 4 is 11.6 Å². The van der Waals surface area contributed by atoms with Gasteiger partial charge in [0.15, 0.2) is 11.6 Å². The van der Waals surface area contributed by atoms with Crippen LogP contribution in [0.1, 0.15) is 5.69 Å². The molecule has 0 unspecified atom stereocenters. The molecular formula is C12H8ClF2NO2. The van der Waals surface area contributed by atoms with Crippen LogP contribution in [0.4, 0.5) is 8.78 Å². The van der Waals surface area contributed by atoms with Crippen molar-refractivity contribution in [1.82, 2.24) is 4.98 Å². The highest BCUT2D eigenvalue weighted by molar-refractivity contribution is 6.31. The summed E-state index contributed by atoms with van der Waals surface area (Å²) in [6.45, 7) is -0.373. The van der Waals surface area contributed by atoms with E-state index in [2.05, 4.69) is 4.98 Å². The summed E-state index contributed by atoms with van der Waals surface area (Å²) in [7, 11) is 0. The molecule has 3 nitrogen and oxygen atoms in total. The summed E-state index contributed by atoms with van der Waals surface area (Å²) in [5, 5.41) is 9.24. The highest BCUT2D eigenvalue weighted by atomic mass is 35.5. The summed E-state index contributed by atoms with van der Waals surface area (Å²) in [4.78, 5) is 3.86. The molecule has 0 aliphatic carbocycles. The van der Waals surface area contributed by atoms with Crippen molar-refractivity contribution in [2.75, 3.05) is 0 Å². The van der Waals surface area contributed by atoms with Gasteiger partial charge in [-0.3, -0.25) is 0 Å². The summed E-state index contributed by atoms with van der Waals surface area (Å²) < 4.78 is 31.4.